The van der Waals surface area contributed by atoms with E-state index in [4.69, 9.17) is 31.8 Å². The fourth-order valence-corrected chi connectivity index (χ4v) is 8.16. The minimum atomic E-state index is -4.58. The first-order valence-corrected chi connectivity index (χ1v) is 18.7. The predicted molar refractivity (Wildman–Crippen MR) is 203 cm³/mol. The lowest BCUT2D eigenvalue weighted by Crippen LogP contribution is -2.47. The summed E-state index contributed by atoms with van der Waals surface area (Å²) in [6.07, 6.45) is 0.0593. The molecule has 2 amide bonds. The number of rotatable bonds is 7. The van der Waals surface area contributed by atoms with E-state index in [1.54, 1.807) is 9.58 Å². The summed E-state index contributed by atoms with van der Waals surface area (Å²) in [5.41, 5.74) is 2.09. The highest BCUT2D eigenvalue weighted by molar-refractivity contribution is 6.33. The summed E-state index contributed by atoms with van der Waals surface area (Å²) in [7, 11) is 1.53. The first kappa shape index (κ1) is 40.6. The van der Waals surface area contributed by atoms with Gasteiger partial charge in [-0.25, -0.2) is 0 Å². The van der Waals surface area contributed by atoms with Crippen LogP contribution >= 0.6 is 11.6 Å². The molecule has 2 aromatic rings. The van der Waals surface area contributed by atoms with E-state index < -0.39 is 23.4 Å². The van der Waals surface area contributed by atoms with Crippen LogP contribution in [0, 0.1) is 22.7 Å². The number of nitrogens with one attached hydrogen (secondary N) is 3. The molecule has 292 valence electrons. The fourth-order valence-electron chi connectivity index (χ4n) is 7.93. The van der Waals surface area contributed by atoms with E-state index >= 15 is 0 Å². The number of ether oxygens (including phenoxy) is 1. The molecule has 16 heteroatoms. The van der Waals surface area contributed by atoms with Gasteiger partial charge in [0.15, 0.2) is 11.6 Å². The van der Waals surface area contributed by atoms with Crippen molar-refractivity contribution in [2.75, 3.05) is 50.1 Å². The Morgan fingerprint density at radius 3 is 2.44 bits per heavy atom. The average molecular weight is 773 g/mol. The van der Waals surface area contributed by atoms with Gasteiger partial charge in [0.05, 0.1) is 40.9 Å². The molecular weight excluding hydrogens is 725 g/mol. The first-order chi connectivity index (χ1) is 25.7. The number of likely N-dealkylation sites (N-methyl/N-ethyl adjacent to an activating group) is 1. The van der Waals surface area contributed by atoms with E-state index in [9.17, 15) is 27.9 Å². The molecular formula is C38H48ClF3N8O4. The van der Waals surface area contributed by atoms with E-state index in [-0.39, 0.29) is 51.8 Å². The van der Waals surface area contributed by atoms with Crippen LogP contribution in [0.15, 0.2) is 53.6 Å². The van der Waals surface area contributed by atoms with Crippen LogP contribution in [0.25, 0.3) is 11.3 Å². The summed E-state index contributed by atoms with van der Waals surface area (Å²) in [4.78, 5) is 35.5. The van der Waals surface area contributed by atoms with Crippen LogP contribution in [0.5, 0.6) is 0 Å². The second-order valence-corrected chi connectivity index (χ2v) is 13.6. The molecule has 54 heavy (non-hydrogen) atoms. The number of aliphatic hydroxyl groups excluding tert-OH is 1. The molecule has 4 heterocycles. The van der Waals surface area contributed by atoms with Crippen LogP contribution in [-0.4, -0.2) is 82.2 Å². The SMILES string of the molecule is C=C1C2=C(C3CC3C23CCN(C(=O)/C(NC)=C(\O)C(C)=N)CC3)N(CC(=O)Nc2ccc(C(F)(F)F)cc2Cl)c2nc(C3=CCOCC3)nn21.CC.CC. The average Bonchev–Trinajstić information content (AvgIpc) is 3.76. The number of anilines is 2. The van der Waals surface area contributed by atoms with Crippen molar-refractivity contribution < 1.29 is 32.6 Å². The van der Waals surface area contributed by atoms with Gasteiger partial charge in [0, 0.05) is 42.7 Å². The van der Waals surface area contributed by atoms with Gasteiger partial charge < -0.3 is 35.7 Å². The summed E-state index contributed by atoms with van der Waals surface area (Å²) >= 11 is 6.17. The van der Waals surface area contributed by atoms with Gasteiger partial charge in [-0.15, -0.1) is 5.10 Å². The van der Waals surface area contributed by atoms with Crippen molar-refractivity contribution in [2.45, 2.75) is 66.5 Å². The molecule has 0 radical (unpaired) electrons. The fraction of sp³-hybridized carbons (Fsp3) is 0.500. The van der Waals surface area contributed by atoms with Crippen LogP contribution in [-0.2, 0) is 20.5 Å². The maximum Gasteiger partial charge on any atom is 0.416 e. The number of carbonyl (C=O) groups excluding carboxylic acids is 2. The molecule has 1 spiro atoms. The Kier molecular flexibility index (Phi) is 12.0. The molecule has 1 aromatic carbocycles. The van der Waals surface area contributed by atoms with Gasteiger partial charge >= 0.3 is 6.18 Å². The van der Waals surface area contributed by atoms with Crippen LogP contribution in [0.1, 0.15) is 71.7 Å². The number of fused-ring (bicyclic) bond motifs is 5. The molecule has 12 nitrogen and oxygen atoms in total. The molecule has 2 atom stereocenters. The zero-order valence-electron chi connectivity index (χ0n) is 31.5. The number of halogens is 4. The van der Waals surface area contributed by atoms with E-state index in [2.05, 4.69) is 17.2 Å². The zero-order chi connectivity index (χ0) is 39.7. The number of allylic oxidation sites excluding steroid dienone is 4. The van der Waals surface area contributed by atoms with Crippen molar-refractivity contribution >= 4 is 52.0 Å². The number of hydrogen-bond donors (Lipinski definition) is 4. The van der Waals surface area contributed by atoms with E-state index in [0.717, 1.165) is 41.5 Å². The van der Waals surface area contributed by atoms with E-state index in [0.29, 0.717) is 63.0 Å². The highest BCUT2D eigenvalue weighted by Crippen LogP contribution is 2.71. The molecule has 2 aliphatic carbocycles. The Bertz CT molecular complexity index is 1930. The smallest absolute Gasteiger partial charge is 0.416 e. The molecule has 4 N–H and O–H groups in total. The highest BCUT2D eigenvalue weighted by Gasteiger charge is 2.66. The third-order valence-electron chi connectivity index (χ3n) is 10.4. The first-order valence-electron chi connectivity index (χ1n) is 18.3. The van der Waals surface area contributed by atoms with Crippen molar-refractivity contribution in [3.8, 4) is 0 Å². The molecule has 0 bridgehead atoms. The van der Waals surface area contributed by atoms with Crippen molar-refractivity contribution in [3.63, 3.8) is 0 Å². The number of benzene rings is 1. The van der Waals surface area contributed by atoms with Crippen molar-refractivity contribution in [1.82, 2.24) is 25.0 Å². The number of aliphatic hydroxyl groups is 1. The minimum Gasteiger partial charge on any atom is -0.504 e. The van der Waals surface area contributed by atoms with Crippen LogP contribution in [0.4, 0.5) is 24.8 Å². The number of alkyl halides is 3. The predicted octanol–water partition coefficient (Wildman–Crippen LogP) is 7.28. The summed E-state index contributed by atoms with van der Waals surface area (Å²) in [6.45, 7) is 15.4. The zero-order valence-corrected chi connectivity index (χ0v) is 32.2. The summed E-state index contributed by atoms with van der Waals surface area (Å²) in [5.74, 6) is -0.0134. The lowest BCUT2D eigenvalue weighted by molar-refractivity contribution is -0.137. The monoisotopic (exact) mass is 772 g/mol. The van der Waals surface area contributed by atoms with E-state index in [1.165, 1.54) is 14.0 Å². The molecule has 1 saturated heterocycles. The largest absolute Gasteiger partial charge is 0.504 e. The molecule has 2 fully saturated rings. The van der Waals surface area contributed by atoms with Gasteiger partial charge in [0.2, 0.25) is 11.9 Å². The van der Waals surface area contributed by atoms with Gasteiger partial charge in [-0.05, 0) is 62.3 Å². The minimum absolute atomic E-state index is 0.0290. The third kappa shape index (κ3) is 7.27. The quantitative estimate of drug-likeness (QED) is 0.130. The highest BCUT2D eigenvalue weighted by atomic mass is 35.5. The van der Waals surface area contributed by atoms with Crippen molar-refractivity contribution in [2.24, 2.45) is 17.3 Å². The second-order valence-electron chi connectivity index (χ2n) is 13.2. The van der Waals surface area contributed by atoms with Gasteiger partial charge in [-0.3, -0.25) is 9.59 Å². The number of carbonyl (C=O) groups is 2. The normalized spacial score (nSPS) is 21.3. The van der Waals surface area contributed by atoms with E-state index in [1.807, 2.05) is 38.7 Å². The van der Waals surface area contributed by atoms with Crippen molar-refractivity contribution in [3.05, 3.63) is 70.0 Å². The summed E-state index contributed by atoms with van der Waals surface area (Å²) in [6, 6.07) is 2.79. The van der Waals surface area contributed by atoms with Crippen LogP contribution in [0.3, 0.4) is 0 Å². The third-order valence-corrected chi connectivity index (χ3v) is 10.7. The molecule has 5 aliphatic rings. The van der Waals surface area contributed by atoms with Gasteiger partial charge in [0.1, 0.15) is 12.2 Å². The maximum absolute atomic E-state index is 13.7. The number of aromatic nitrogens is 3. The summed E-state index contributed by atoms with van der Waals surface area (Å²) in [5, 5.41) is 28.2. The van der Waals surface area contributed by atoms with Crippen LogP contribution in [0.2, 0.25) is 5.02 Å². The van der Waals surface area contributed by atoms with Gasteiger partial charge in [-0.2, -0.15) is 22.8 Å². The lowest BCUT2D eigenvalue weighted by atomic mass is 9.69. The second kappa shape index (κ2) is 16.0. The van der Waals surface area contributed by atoms with Crippen LogP contribution < -0.4 is 15.5 Å². The Labute approximate surface area is 318 Å². The molecule has 1 aromatic heterocycles. The Morgan fingerprint density at radius 1 is 1.19 bits per heavy atom. The molecule has 1 saturated carbocycles. The summed E-state index contributed by atoms with van der Waals surface area (Å²) < 4.78 is 46.9. The molecule has 7 rings (SSSR count). The number of hydrogen-bond acceptors (Lipinski definition) is 9. The lowest BCUT2D eigenvalue weighted by Gasteiger charge is -2.45. The van der Waals surface area contributed by atoms with Crippen molar-refractivity contribution in [1.29, 1.82) is 5.41 Å². The molecule has 3 aliphatic heterocycles. The van der Waals surface area contributed by atoms with Gasteiger partial charge in [0.25, 0.3) is 5.91 Å². The number of piperidine rings is 1. The Balaban J connectivity index is 0.00000136. The topological polar surface area (TPSA) is 149 Å². The maximum atomic E-state index is 13.7. The standard InChI is InChI=1S/C34H36ClF3N8O4.2C2H6/c1-17(39)29(48)27(40-3)31(49)44-10-8-33(9-11-44)22-15-21(22)28-26(33)18(2)46-32(42-30(43-46)19-6-12-50-13-7-19)45(28)16-25(47)41-24-5-4-20(14-23(24)35)34(36,37)38;2*1-2/h4-6,14,21-22,39-40,48H,2,7-13,15-16H2,1,3H3,(H,41,47);2*1-2H3/b29-27+,39-17?;;. The number of nitrogens with zero attached hydrogens (tertiary/aromatic N) is 5. The van der Waals surface area contributed by atoms with Gasteiger partial charge in [-0.1, -0.05) is 52.0 Å². The molecule has 2 unspecified atom stereocenters. The Hall–Kier alpha value is -4.63. The number of likely N-dealkylation sites (tertiary alicyclic amines) is 1. The number of amides is 2. The Morgan fingerprint density at radius 2 is 1.87 bits per heavy atom.